The number of thiocarbonyl (C=S) groups is 1. The van der Waals surface area contributed by atoms with Gasteiger partial charge in [0.1, 0.15) is 9.20 Å². The molecule has 2 rings (SSSR count). The second-order valence-electron chi connectivity index (χ2n) is 3.54. The van der Waals surface area contributed by atoms with Crippen LogP contribution in [-0.4, -0.2) is 13.4 Å². The van der Waals surface area contributed by atoms with Crippen molar-refractivity contribution in [3.63, 3.8) is 0 Å². The molecular formula is C10H9BrN2O2S4. The molecule has 2 aromatic rings. The highest BCUT2D eigenvalue weighted by Gasteiger charge is 2.17. The smallest absolute Gasteiger partial charge is 0.250 e. The first-order valence-electron chi connectivity index (χ1n) is 5.01. The molecule has 0 saturated heterocycles. The fraction of sp³-hybridized carbons (Fsp3) is 0.100. The monoisotopic (exact) mass is 396 g/mol. The molecule has 4 nitrogen and oxygen atoms in total. The Labute approximate surface area is 132 Å². The molecule has 0 aliphatic carbocycles. The lowest BCUT2D eigenvalue weighted by molar-refractivity contribution is 0.584. The van der Waals surface area contributed by atoms with Gasteiger partial charge >= 0.3 is 0 Å². The fourth-order valence-electron chi connectivity index (χ4n) is 1.28. The first-order chi connectivity index (χ1) is 8.88. The largest absolute Gasteiger partial charge is 0.389 e. The van der Waals surface area contributed by atoms with Crippen LogP contribution in [0.3, 0.4) is 0 Å². The van der Waals surface area contributed by atoms with Gasteiger partial charge in [-0.2, -0.15) is 0 Å². The predicted molar refractivity (Wildman–Crippen MR) is 86.3 cm³/mol. The standard InChI is InChI=1S/C10H9BrN2O2S4/c11-6-3-7(17-5-6)4-13-19(14,15)9-2-1-8(18-9)10(12)16/h1-3,5,13H,4H2,(H2,12,16). The Kier molecular flexibility index (Phi) is 4.75. The highest BCUT2D eigenvalue weighted by Crippen LogP contribution is 2.23. The highest BCUT2D eigenvalue weighted by molar-refractivity contribution is 9.10. The molecule has 19 heavy (non-hydrogen) atoms. The molecule has 0 amide bonds. The van der Waals surface area contributed by atoms with Gasteiger partial charge in [-0.05, 0) is 34.1 Å². The van der Waals surface area contributed by atoms with E-state index in [0.717, 1.165) is 20.7 Å². The molecule has 0 fully saturated rings. The zero-order chi connectivity index (χ0) is 14.0. The van der Waals surface area contributed by atoms with Crippen molar-refractivity contribution in [1.29, 1.82) is 0 Å². The van der Waals surface area contributed by atoms with Crippen LogP contribution in [0.25, 0.3) is 0 Å². The molecule has 102 valence electrons. The van der Waals surface area contributed by atoms with Crippen molar-refractivity contribution >= 4 is 65.8 Å². The first kappa shape index (κ1) is 15.1. The van der Waals surface area contributed by atoms with Crippen molar-refractivity contribution in [2.45, 2.75) is 10.8 Å². The van der Waals surface area contributed by atoms with E-state index in [1.165, 1.54) is 17.4 Å². The summed E-state index contributed by atoms with van der Waals surface area (Å²) in [6.45, 7) is 0.263. The van der Waals surface area contributed by atoms with Crippen molar-refractivity contribution < 1.29 is 8.42 Å². The number of halogens is 1. The Hall–Kier alpha value is -0.320. The van der Waals surface area contributed by atoms with E-state index < -0.39 is 10.0 Å². The van der Waals surface area contributed by atoms with Gasteiger partial charge < -0.3 is 5.73 Å². The minimum absolute atomic E-state index is 0.202. The summed E-state index contributed by atoms with van der Waals surface area (Å²) in [7, 11) is -3.52. The predicted octanol–water partition coefficient (Wildman–Crippen LogP) is 2.68. The van der Waals surface area contributed by atoms with Gasteiger partial charge in [0.15, 0.2) is 0 Å². The molecule has 0 aliphatic heterocycles. The molecule has 2 heterocycles. The Morgan fingerprint density at radius 2 is 2.21 bits per heavy atom. The van der Waals surface area contributed by atoms with Gasteiger partial charge in [0, 0.05) is 21.3 Å². The summed E-state index contributed by atoms with van der Waals surface area (Å²) in [4.78, 5) is 1.73. The Bertz CT molecular complexity index is 705. The van der Waals surface area contributed by atoms with Crippen molar-refractivity contribution in [3.8, 4) is 0 Å². The molecule has 9 heteroatoms. The van der Waals surface area contributed by atoms with Gasteiger partial charge in [-0.15, -0.1) is 22.7 Å². The summed E-state index contributed by atoms with van der Waals surface area (Å²) in [6.07, 6.45) is 0. The molecule has 2 aromatic heterocycles. The van der Waals surface area contributed by atoms with E-state index >= 15 is 0 Å². The van der Waals surface area contributed by atoms with Gasteiger partial charge in [-0.25, -0.2) is 13.1 Å². The quantitative estimate of drug-likeness (QED) is 0.761. The third-order valence-corrected chi connectivity index (χ3v) is 7.21. The minimum atomic E-state index is -3.52. The van der Waals surface area contributed by atoms with E-state index in [1.54, 1.807) is 6.07 Å². The number of nitrogens with two attached hydrogens (primary N) is 1. The SMILES string of the molecule is NC(=S)c1ccc(S(=O)(=O)NCc2cc(Br)cs2)s1. The lowest BCUT2D eigenvalue weighted by Crippen LogP contribution is -2.21. The number of rotatable bonds is 5. The lowest BCUT2D eigenvalue weighted by atomic mass is 10.5. The summed E-state index contributed by atoms with van der Waals surface area (Å²) in [6, 6.07) is 5.00. The maximum atomic E-state index is 12.1. The van der Waals surface area contributed by atoms with Crippen LogP contribution in [0.15, 0.2) is 32.3 Å². The van der Waals surface area contributed by atoms with Crippen LogP contribution in [0, 0.1) is 0 Å². The van der Waals surface area contributed by atoms with Gasteiger partial charge in [-0.1, -0.05) is 12.2 Å². The maximum absolute atomic E-state index is 12.1. The van der Waals surface area contributed by atoms with Crippen molar-refractivity contribution in [1.82, 2.24) is 4.72 Å². The molecule has 0 radical (unpaired) electrons. The summed E-state index contributed by atoms with van der Waals surface area (Å²) >= 11 is 10.7. The van der Waals surface area contributed by atoms with E-state index in [0.29, 0.717) is 4.88 Å². The molecule has 0 atom stereocenters. The van der Waals surface area contributed by atoms with Crippen LogP contribution in [0.4, 0.5) is 0 Å². The van der Waals surface area contributed by atoms with Crippen LogP contribution in [-0.2, 0) is 16.6 Å². The molecule has 0 aliphatic rings. The van der Waals surface area contributed by atoms with Crippen LogP contribution in [0.2, 0.25) is 0 Å². The molecule has 0 aromatic carbocycles. The average Bonchev–Trinajstić information content (AvgIpc) is 2.95. The Morgan fingerprint density at radius 1 is 1.47 bits per heavy atom. The molecule has 0 saturated carbocycles. The van der Waals surface area contributed by atoms with Gasteiger partial charge in [0.2, 0.25) is 10.0 Å². The van der Waals surface area contributed by atoms with Crippen LogP contribution < -0.4 is 10.5 Å². The number of nitrogens with one attached hydrogen (secondary N) is 1. The highest BCUT2D eigenvalue weighted by atomic mass is 79.9. The number of sulfonamides is 1. The Balaban J connectivity index is 2.11. The summed E-state index contributed by atoms with van der Waals surface area (Å²) < 4.78 is 27.8. The number of hydrogen-bond donors (Lipinski definition) is 2. The van der Waals surface area contributed by atoms with Gasteiger partial charge in [-0.3, -0.25) is 0 Å². The average molecular weight is 397 g/mol. The minimum Gasteiger partial charge on any atom is -0.389 e. The Morgan fingerprint density at radius 3 is 2.74 bits per heavy atom. The van der Waals surface area contributed by atoms with E-state index in [9.17, 15) is 8.42 Å². The van der Waals surface area contributed by atoms with Gasteiger partial charge in [0.05, 0.1) is 4.88 Å². The molecular weight excluding hydrogens is 388 g/mol. The number of thiophene rings is 2. The second kappa shape index (κ2) is 5.98. The van der Waals surface area contributed by atoms with Crippen LogP contribution in [0.5, 0.6) is 0 Å². The third-order valence-electron chi connectivity index (χ3n) is 2.15. The van der Waals surface area contributed by atoms with Crippen molar-refractivity contribution in [2.24, 2.45) is 5.73 Å². The normalized spacial score (nSPS) is 11.6. The topological polar surface area (TPSA) is 72.2 Å². The first-order valence-corrected chi connectivity index (χ1v) is 9.39. The molecule has 0 bridgehead atoms. The maximum Gasteiger partial charge on any atom is 0.250 e. The van der Waals surface area contributed by atoms with E-state index in [-0.39, 0.29) is 15.7 Å². The van der Waals surface area contributed by atoms with Crippen LogP contribution >= 0.6 is 50.8 Å². The van der Waals surface area contributed by atoms with Gasteiger partial charge in [0.25, 0.3) is 0 Å². The lowest BCUT2D eigenvalue weighted by Gasteiger charge is -2.02. The summed E-state index contributed by atoms with van der Waals surface area (Å²) in [5, 5.41) is 1.90. The van der Waals surface area contributed by atoms with Crippen molar-refractivity contribution in [2.75, 3.05) is 0 Å². The van der Waals surface area contributed by atoms with Crippen molar-refractivity contribution in [3.05, 3.63) is 37.8 Å². The molecule has 3 N–H and O–H groups in total. The zero-order valence-electron chi connectivity index (χ0n) is 9.42. The summed E-state index contributed by atoms with van der Waals surface area (Å²) in [5.41, 5.74) is 5.46. The number of hydrogen-bond acceptors (Lipinski definition) is 5. The molecule has 0 unspecified atom stereocenters. The second-order valence-corrected chi connectivity index (χ2v) is 8.97. The fourth-order valence-corrected chi connectivity index (χ4v) is 5.17. The zero-order valence-corrected chi connectivity index (χ0v) is 14.3. The summed E-state index contributed by atoms with van der Waals surface area (Å²) in [5.74, 6) is 0. The van der Waals surface area contributed by atoms with Crippen LogP contribution in [0.1, 0.15) is 9.75 Å². The van der Waals surface area contributed by atoms with E-state index in [4.69, 9.17) is 18.0 Å². The van der Waals surface area contributed by atoms with E-state index in [1.807, 2.05) is 11.4 Å². The van der Waals surface area contributed by atoms with E-state index in [2.05, 4.69) is 20.7 Å². The molecule has 0 spiro atoms. The third kappa shape index (κ3) is 3.83.